The lowest BCUT2D eigenvalue weighted by Crippen LogP contribution is -2.29. The summed E-state index contributed by atoms with van der Waals surface area (Å²) in [7, 11) is 0. The molecule has 2 heterocycles. The molecule has 0 spiro atoms. The first-order valence-corrected chi connectivity index (χ1v) is 8.83. The van der Waals surface area contributed by atoms with Gasteiger partial charge in [0.05, 0.1) is 27.3 Å². The lowest BCUT2D eigenvalue weighted by molar-refractivity contribution is 0.542. The average molecular weight is 326 g/mol. The van der Waals surface area contributed by atoms with Gasteiger partial charge in [-0.3, -0.25) is 11.3 Å². The molecule has 5 nitrogen and oxygen atoms in total. The van der Waals surface area contributed by atoms with Gasteiger partial charge in [0.1, 0.15) is 0 Å². The van der Waals surface area contributed by atoms with Crippen LogP contribution in [0.4, 0.5) is 0 Å². The summed E-state index contributed by atoms with van der Waals surface area (Å²) in [5, 5.41) is 7.45. The number of hydrazine groups is 1. The molecule has 21 heavy (non-hydrogen) atoms. The van der Waals surface area contributed by atoms with Crippen molar-refractivity contribution >= 4 is 22.9 Å². The van der Waals surface area contributed by atoms with Crippen LogP contribution in [0.25, 0.3) is 0 Å². The lowest BCUT2D eigenvalue weighted by Gasteiger charge is -2.15. The number of rotatable bonds is 6. The second-order valence-corrected chi connectivity index (χ2v) is 7.86. The Morgan fingerprint density at radius 3 is 2.71 bits per heavy atom. The summed E-state index contributed by atoms with van der Waals surface area (Å²) < 4.78 is 4.07. The third kappa shape index (κ3) is 4.06. The monoisotopic (exact) mass is 325 g/mol. The van der Waals surface area contributed by atoms with E-state index in [9.17, 15) is 0 Å². The number of hydrogen-bond acceptors (Lipinski definition) is 7. The van der Waals surface area contributed by atoms with Crippen molar-refractivity contribution in [3.8, 4) is 0 Å². The summed E-state index contributed by atoms with van der Waals surface area (Å²) in [6.45, 7) is 8.68. The molecule has 7 heteroatoms. The van der Waals surface area contributed by atoms with Crippen molar-refractivity contribution in [2.45, 2.75) is 58.4 Å². The average Bonchev–Trinajstić information content (AvgIpc) is 3.04. The lowest BCUT2D eigenvalue weighted by atomic mass is 9.93. The van der Waals surface area contributed by atoms with Gasteiger partial charge in [-0.25, -0.2) is 4.98 Å². The highest BCUT2D eigenvalue weighted by atomic mass is 32.1. The molecule has 0 aromatic carbocycles. The van der Waals surface area contributed by atoms with Gasteiger partial charge in [-0.2, -0.15) is 0 Å². The van der Waals surface area contributed by atoms with Gasteiger partial charge in [-0.1, -0.05) is 38.6 Å². The van der Waals surface area contributed by atoms with Crippen LogP contribution >= 0.6 is 22.9 Å². The molecule has 3 N–H and O–H groups in total. The van der Waals surface area contributed by atoms with Crippen LogP contribution in [0.3, 0.4) is 0 Å². The van der Waals surface area contributed by atoms with Gasteiger partial charge in [0, 0.05) is 17.2 Å². The standard InChI is InChI=1S/C14H23N5S2/c1-5-6-9-13(21-19-18-9)10(17-15)7-12-16-11(8-20-12)14(2,3)4/h8,10,17H,5-7,15H2,1-4H3. The molecular weight excluding hydrogens is 302 g/mol. The summed E-state index contributed by atoms with van der Waals surface area (Å²) in [5.41, 5.74) is 5.17. The van der Waals surface area contributed by atoms with Crippen molar-refractivity contribution in [2.24, 2.45) is 5.84 Å². The maximum atomic E-state index is 5.75. The summed E-state index contributed by atoms with van der Waals surface area (Å²) in [4.78, 5) is 5.87. The minimum Gasteiger partial charge on any atom is -0.271 e. The predicted molar refractivity (Wildman–Crippen MR) is 88.5 cm³/mol. The van der Waals surface area contributed by atoms with E-state index in [1.165, 1.54) is 11.5 Å². The van der Waals surface area contributed by atoms with E-state index in [0.717, 1.165) is 40.5 Å². The van der Waals surface area contributed by atoms with Gasteiger partial charge in [-0.15, -0.1) is 16.4 Å². The van der Waals surface area contributed by atoms with E-state index in [-0.39, 0.29) is 11.5 Å². The van der Waals surface area contributed by atoms with E-state index in [4.69, 9.17) is 10.8 Å². The van der Waals surface area contributed by atoms with E-state index in [0.29, 0.717) is 0 Å². The van der Waals surface area contributed by atoms with Crippen LogP contribution in [-0.2, 0) is 18.3 Å². The third-order valence-corrected chi connectivity index (χ3v) is 5.04. The van der Waals surface area contributed by atoms with Crippen molar-refractivity contribution < 1.29 is 0 Å². The second-order valence-electron chi connectivity index (χ2n) is 6.13. The topological polar surface area (TPSA) is 76.7 Å². The van der Waals surface area contributed by atoms with Crippen molar-refractivity contribution in [3.63, 3.8) is 0 Å². The van der Waals surface area contributed by atoms with Gasteiger partial charge < -0.3 is 0 Å². The van der Waals surface area contributed by atoms with Gasteiger partial charge in [0.25, 0.3) is 0 Å². The molecule has 2 aromatic rings. The first-order valence-electron chi connectivity index (χ1n) is 7.17. The molecule has 2 rings (SSSR count). The van der Waals surface area contributed by atoms with E-state index >= 15 is 0 Å². The van der Waals surface area contributed by atoms with Crippen LogP contribution in [0.15, 0.2) is 5.38 Å². The summed E-state index contributed by atoms with van der Waals surface area (Å²) >= 11 is 3.12. The zero-order chi connectivity index (χ0) is 15.5. The molecule has 116 valence electrons. The molecule has 2 aromatic heterocycles. The fourth-order valence-corrected chi connectivity index (χ4v) is 3.86. The Kier molecular flexibility index (Phi) is 5.43. The molecule has 1 atom stereocenters. The van der Waals surface area contributed by atoms with E-state index in [2.05, 4.69) is 48.1 Å². The quantitative estimate of drug-likeness (QED) is 0.631. The summed E-state index contributed by atoms with van der Waals surface area (Å²) in [5.74, 6) is 5.75. The van der Waals surface area contributed by atoms with E-state index in [1.54, 1.807) is 11.3 Å². The maximum absolute atomic E-state index is 5.75. The molecule has 0 amide bonds. The van der Waals surface area contributed by atoms with Crippen LogP contribution < -0.4 is 11.3 Å². The van der Waals surface area contributed by atoms with Gasteiger partial charge in [0.15, 0.2) is 0 Å². The Balaban J connectivity index is 2.15. The predicted octanol–water partition coefficient (Wildman–Crippen LogP) is 2.99. The molecule has 0 aliphatic heterocycles. The third-order valence-electron chi connectivity index (χ3n) is 3.29. The molecule has 0 saturated heterocycles. The zero-order valence-electron chi connectivity index (χ0n) is 13.0. The molecule has 1 unspecified atom stereocenters. The fourth-order valence-electron chi connectivity index (χ4n) is 2.04. The second kappa shape index (κ2) is 6.91. The molecule has 0 bridgehead atoms. The van der Waals surface area contributed by atoms with Crippen LogP contribution in [0, 0.1) is 0 Å². The Morgan fingerprint density at radius 1 is 1.38 bits per heavy atom. The Morgan fingerprint density at radius 2 is 2.14 bits per heavy atom. The van der Waals surface area contributed by atoms with Gasteiger partial charge in [-0.05, 0) is 18.0 Å². The van der Waals surface area contributed by atoms with Gasteiger partial charge in [0.2, 0.25) is 0 Å². The molecule has 0 aliphatic rings. The molecule has 0 fully saturated rings. The van der Waals surface area contributed by atoms with Crippen molar-refractivity contribution in [1.29, 1.82) is 0 Å². The van der Waals surface area contributed by atoms with Gasteiger partial charge >= 0.3 is 0 Å². The van der Waals surface area contributed by atoms with Crippen LogP contribution in [0.5, 0.6) is 0 Å². The molecule has 0 aliphatic carbocycles. The minimum absolute atomic E-state index is 0.0329. The highest BCUT2D eigenvalue weighted by Crippen LogP contribution is 2.28. The minimum atomic E-state index is 0.0329. The number of aryl methyl sites for hydroxylation is 1. The zero-order valence-corrected chi connectivity index (χ0v) is 14.6. The van der Waals surface area contributed by atoms with Crippen molar-refractivity contribution in [3.05, 3.63) is 26.7 Å². The normalized spacial score (nSPS) is 13.6. The number of hydrogen-bond donors (Lipinski definition) is 2. The van der Waals surface area contributed by atoms with Crippen LogP contribution in [0.1, 0.15) is 61.4 Å². The largest absolute Gasteiger partial charge is 0.271 e. The Bertz CT molecular complexity index is 570. The fraction of sp³-hybridized carbons (Fsp3) is 0.643. The number of nitrogens with one attached hydrogen (secondary N) is 1. The highest BCUT2D eigenvalue weighted by Gasteiger charge is 2.22. The molecule has 0 radical (unpaired) electrons. The SMILES string of the molecule is CCCc1nnsc1C(Cc1nc(C(C)(C)C)cs1)NN. The first-order chi connectivity index (χ1) is 9.95. The maximum Gasteiger partial charge on any atom is 0.0948 e. The van der Waals surface area contributed by atoms with E-state index in [1.807, 2.05) is 0 Å². The van der Waals surface area contributed by atoms with Crippen LogP contribution in [0.2, 0.25) is 0 Å². The molecule has 0 saturated carbocycles. The number of nitrogens with two attached hydrogens (primary N) is 1. The highest BCUT2D eigenvalue weighted by molar-refractivity contribution is 7.09. The van der Waals surface area contributed by atoms with Crippen LogP contribution in [-0.4, -0.2) is 14.6 Å². The molecular formula is C14H23N5S2. The first kappa shape index (κ1) is 16.5. The number of nitrogens with zero attached hydrogens (tertiary/aromatic N) is 3. The summed E-state index contributed by atoms with van der Waals surface area (Å²) in [6.07, 6.45) is 2.77. The smallest absolute Gasteiger partial charge is 0.0948 e. The van der Waals surface area contributed by atoms with Crippen molar-refractivity contribution in [1.82, 2.24) is 20.0 Å². The Hall–Kier alpha value is -0.890. The van der Waals surface area contributed by atoms with E-state index < -0.39 is 0 Å². The van der Waals surface area contributed by atoms with Crippen molar-refractivity contribution in [2.75, 3.05) is 0 Å². The number of aromatic nitrogens is 3. The summed E-state index contributed by atoms with van der Waals surface area (Å²) in [6, 6.07) is 0.0329. The Labute approximate surface area is 134 Å². The number of thiazole rings is 1.